The average molecular weight is 363 g/mol. The van der Waals surface area contributed by atoms with Crippen LogP contribution in [0.5, 0.6) is 0 Å². The predicted molar refractivity (Wildman–Crippen MR) is 91.0 cm³/mol. The van der Waals surface area contributed by atoms with Crippen LogP contribution in [0.25, 0.3) is 0 Å². The Hall–Kier alpha value is -2.74. The molecule has 0 unspecified atom stereocenters. The minimum absolute atomic E-state index is 0.119. The maximum Gasteiger partial charge on any atom is 0.282 e. The molecule has 0 radical (unpaired) electrons. The lowest BCUT2D eigenvalue weighted by atomic mass is 10.1. The van der Waals surface area contributed by atoms with Gasteiger partial charge in [-0.3, -0.25) is 19.7 Å². The number of aryl methyl sites for hydroxylation is 2. The van der Waals surface area contributed by atoms with Crippen molar-refractivity contribution in [3.63, 3.8) is 0 Å². The highest BCUT2D eigenvalue weighted by Gasteiger charge is 2.20. The van der Waals surface area contributed by atoms with Crippen LogP contribution in [0.15, 0.2) is 29.1 Å². The Morgan fingerprint density at radius 1 is 1.36 bits per heavy atom. The second-order valence-corrected chi connectivity index (χ2v) is 6.14. The topological polar surface area (TPSA) is 107 Å². The zero-order chi connectivity index (χ0) is 18.0. The molecule has 0 fully saturated rings. The molecule has 0 saturated heterocycles. The van der Waals surface area contributed by atoms with Crippen molar-refractivity contribution >= 4 is 23.2 Å². The van der Waals surface area contributed by atoms with Crippen LogP contribution in [0.4, 0.5) is 5.69 Å². The molecule has 8 nitrogen and oxygen atoms in total. The summed E-state index contributed by atoms with van der Waals surface area (Å²) in [5, 5.41) is 18.1. The molecule has 0 aliphatic heterocycles. The van der Waals surface area contributed by atoms with Gasteiger partial charge in [-0.25, -0.2) is 4.68 Å². The summed E-state index contributed by atoms with van der Waals surface area (Å²) in [7, 11) is 0. The second kappa shape index (κ2) is 7.02. The molecule has 25 heavy (non-hydrogen) atoms. The fraction of sp³-hybridized carbons (Fsp3) is 0.312. The molecule has 0 saturated carbocycles. The molecule has 1 aromatic heterocycles. The van der Waals surface area contributed by atoms with Gasteiger partial charge < -0.3 is 5.32 Å². The molecule has 1 aromatic carbocycles. The number of nitrogens with one attached hydrogen (secondary N) is 1. The fourth-order valence-electron chi connectivity index (χ4n) is 2.82. The molecular formula is C16H15ClN4O4. The van der Waals surface area contributed by atoms with E-state index in [9.17, 15) is 19.7 Å². The van der Waals surface area contributed by atoms with Crippen molar-refractivity contribution in [1.82, 2.24) is 15.1 Å². The van der Waals surface area contributed by atoms with E-state index in [1.165, 1.54) is 22.9 Å². The fourth-order valence-corrected chi connectivity index (χ4v) is 2.99. The van der Waals surface area contributed by atoms with Crippen LogP contribution in [0.1, 0.15) is 28.0 Å². The highest BCUT2D eigenvalue weighted by Crippen LogP contribution is 2.22. The first-order valence-electron chi connectivity index (χ1n) is 7.78. The van der Waals surface area contributed by atoms with Gasteiger partial charge in [0, 0.05) is 23.7 Å². The molecule has 2 aromatic rings. The molecule has 1 aliphatic rings. The normalized spacial score (nSPS) is 12.7. The van der Waals surface area contributed by atoms with Crippen LogP contribution in [0.2, 0.25) is 5.02 Å². The van der Waals surface area contributed by atoms with Crippen LogP contribution < -0.4 is 10.9 Å². The quantitative estimate of drug-likeness (QED) is 0.643. The summed E-state index contributed by atoms with van der Waals surface area (Å²) in [6.45, 7) is 0.306. The number of carbonyl (C=O) groups excluding carboxylic acids is 1. The number of hydrogen-bond donors (Lipinski definition) is 1. The van der Waals surface area contributed by atoms with E-state index in [2.05, 4.69) is 10.4 Å². The molecule has 1 aliphatic carbocycles. The predicted octanol–water partition coefficient (Wildman–Crippen LogP) is 1.72. The van der Waals surface area contributed by atoms with Crippen LogP contribution >= 0.6 is 11.6 Å². The van der Waals surface area contributed by atoms with Crippen LogP contribution in [-0.4, -0.2) is 27.2 Å². The number of fused-ring (bicyclic) bond motifs is 1. The van der Waals surface area contributed by atoms with E-state index in [1.54, 1.807) is 6.07 Å². The molecule has 1 N–H and O–H groups in total. The van der Waals surface area contributed by atoms with Gasteiger partial charge in [0.05, 0.1) is 17.2 Å². The monoisotopic (exact) mass is 362 g/mol. The van der Waals surface area contributed by atoms with E-state index in [0.717, 1.165) is 30.5 Å². The lowest BCUT2D eigenvalue weighted by molar-refractivity contribution is -0.385. The Kier molecular flexibility index (Phi) is 4.80. The van der Waals surface area contributed by atoms with Gasteiger partial charge in [-0.05, 0) is 37.0 Å². The Balaban J connectivity index is 1.69. The van der Waals surface area contributed by atoms with Gasteiger partial charge in [-0.1, -0.05) is 11.6 Å². The van der Waals surface area contributed by atoms with Crippen molar-refractivity contribution in [2.24, 2.45) is 0 Å². The smallest absolute Gasteiger partial charge is 0.282 e. The highest BCUT2D eigenvalue weighted by atomic mass is 35.5. The number of aromatic nitrogens is 2. The van der Waals surface area contributed by atoms with Crippen LogP contribution in [0, 0.1) is 10.1 Å². The number of nitro groups is 1. The molecule has 9 heteroatoms. The molecule has 0 bridgehead atoms. The van der Waals surface area contributed by atoms with Gasteiger partial charge in [0.25, 0.3) is 17.2 Å². The summed E-state index contributed by atoms with van der Waals surface area (Å²) in [4.78, 5) is 34.6. The van der Waals surface area contributed by atoms with Crippen molar-refractivity contribution in [1.29, 1.82) is 0 Å². The van der Waals surface area contributed by atoms with Gasteiger partial charge in [0.1, 0.15) is 5.56 Å². The third kappa shape index (κ3) is 3.69. The van der Waals surface area contributed by atoms with E-state index in [1.807, 2.05) is 0 Å². The Bertz CT molecular complexity index is 909. The summed E-state index contributed by atoms with van der Waals surface area (Å²) >= 11 is 5.81. The van der Waals surface area contributed by atoms with Gasteiger partial charge in [0.15, 0.2) is 0 Å². The molecule has 130 valence electrons. The summed E-state index contributed by atoms with van der Waals surface area (Å²) in [6.07, 6.45) is 2.70. The maximum absolute atomic E-state index is 12.2. The Morgan fingerprint density at radius 2 is 2.16 bits per heavy atom. The van der Waals surface area contributed by atoms with E-state index < -0.39 is 10.8 Å². The molecule has 3 rings (SSSR count). The number of nitro benzene ring substituents is 1. The van der Waals surface area contributed by atoms with Crippen LogP contribution in [-0.2, 0) is 19.4 Å². The zero-order valence-corrected chi connectivity index (χ0v) is 14.0. The van der Waals surface area contributed by atoms with E-state index in [0.29, 0.717) is 0 Å². The molecular weight excluding hydrogens is 348 g/mol. The Labute approximate surface area is 147 Å². The largest absolute Gasteiger partial charge is 0.350 e. The average Bonchev–Trinajstić information content (AvgIpc) is 3.01. The lowest BCUT2D eigenvalue weighted by Gasteiger charge is -2.09. The third-order valence-corrected chi connectivity index (χ3v) is 4.27. The number of halogens is 1. The molecule has 0 spiro atoms. The van der Waals surface area contributed by atoms with Crippen molar-refractivity contribution in [3.05, 3.63) is 66.6 Å². The minimum atomic E-state index is -0.641. The van der Waals surface area contributed by atoms with Gasteiger partial charge in [-0.2, -0.15) is 5.10 Å². The zero-order valence-electron chi connectivity index (χ0n) is 13.2. The van der Waals surface area contributed by atoms with Gasteiger partial charge in [-0.15, -0.1) is 0 Å². The number of carbonyl (C=O) groups is 1. The Morgan fingerprint density at radius 3 is 2.92 bits per heavy atom. The standard InChI is InChI=1S/C16H15ClN4O4/c17-11-4-5-14(21(24)25)12(9-11)16(23)18-6-7-20-15(22)8-10-2-1-3-13(10)19-20/h4-5,8-9H,1-3,6-7H2,(H,18,23). The van der Waals surface area contributed by atoms with E-state index >= 15 is 0 Å². The summed E-state index contributed by atoms with van der Waals surface area (Å²) in [5.74, 6) is -0.622. The first kappa shape index (κ1) is 17.1. The third-order valence-electron chi connectivity index (χ3n) is 4.03. The summed E-state index contributed by atoms with van der Waals surface area (Å²) in [6, 6.07) is 5.36. The van der Waals surface area contributed by atoms with Crippen molar-refractivity contribution in [2.75, 3.05) is 6.54 Å². The van der Waals surface area contributed by atoms with E-state index in [4.69, 9.17) is 11.6 Å². The van der Waals surface area contributed by atoms with Crippen molar-refractivity contribution < 1.29 is 9.72 Å². The number of hydrogen-bond acceptors (Lipinski definition) is 5. The van der Waals surface area contributed by atoms with Gasteiger partial charge in [0.2, 0.25) is 0 Å². The van der Waals surface area contributed by atoms with Crippen LogP contribution in [0.3, 0.4) is 0 Å². The van der Waals surface area contributed by atoms with Gasteiger partial charge >= 0.3 is 0 Å². The van der Waals surface area contributed by atoms with E-state index in [-0.39, 0.29) is 34.9 Å². The molecule has 0 atom stereocenters. The maximum atomic E-state index is 12.2. The second-order valence-electron chi connectivity index (χ2n) is 5.71. The molecule has 1 amide bonds. The summed E-state index contributed by atoms with van der Waals surface area (Å²) < 4.78 is 1.30. The number of nitrogens with zero attached hydrogens (tertiary/aromatic N) is 3. The first-order valence-corrected chi connectivity index (χ1v) is 8.15. The summed E-state index contributed by atoms with van der Waals surface area (Å²) in [5.41, 5.74) is 1.24. The van der Waals surface area contributed by atoms with Crippen molar-refractivity contribution in [2.45, 2.75) is 25.8 Å². The lowest BCUT2D eigenvalue weighted by Crippen LogP contribution is -2.32. The first-order chi connectivity index (χ1) is 12.0. The van der Waals surface area contributed by atoms with Crippen molar-refractivity contribution in [3.8, 4) is 0 Å². The number of rotatable bonds is 5. The SMILES string of the molecule is O=C(NCCn1nc2c(cc1=O)CCC2)c1cc(Cl)ccc1[N+](=O)[O-]. The molecule has 1 heterocycles. The minimum Gasteiger partial charge on any atom is -0.350 e. The highest BCUT2D eigenvalue weighted by molar-refractivity contribution is 6.31. The number of amides is 1. The number of benzene rings is 1.